The summed E-state index contributed by atoms with van der Waals surface area (Å²) in [5.41, 5.74) is 17.6. The van der Waals surface area contributed by atoms with Crippen molar-refractivity contribution < 1.29 is 101 Å². The number of fused-ring (bicyclic) bond motifs is 12. The van der Waals surface area contributed by atoms with E-state index in [-0.39, 0.29) is 84.3 Å². The zero-order valence-electron chi connectivity index (χ0n) is 54.1. The van der Waals surface area contributed by atoms with Gasteiger partial charge in [0.05, 0.1) is 42.8 Å². The summed E-state index contributed by atoms with van der Waals surface area (Å²) in [6.07, 6.45) is 15.2. The molecule has 2 unspecified atom stereocenters. The van der Waals surface area contributed by atoms with E-state index in [0.717, 1.165) is 114 Å². The fraction of sp³-hybridized carbons (Fsp3) is 0. The van der Waals surface area contributed by atoms with Gasteiger partial charge in [0, 0.05) is 34.6 Å². The van der Waals surface area contributed by atoms with Crippen molar-refractivity contribution in [2.75, 3.05) is 0 Å². The molecule has 0 fully saturated rings. The third kappa shape index (κ3) is 14.3. The van der Waals surface area contributed by atoms with E-state index in [1.54, 1.807) is 33.8 Å². The Kier molecular flexibility index (Phi) is 22.5. The van der Waals surface area contributed by atoms with Crippen molar-refractivity contribution in [2.24, 2.45) is 0 Å². The zero-order chi connectivity index (χ0) is 67.3. The summed E-state index contributed by atoms with van der Waals surface area (Å²) in [6.45, 7) is 0. The van der Waals surface area contributed by atoms with Crippen molar-refractivity contribution >= 4 is 77.2 Å². The fourth-order valence-corrected chi connectivity index (χ4v) is 21.2. The van der Waals surface area contributed by atoms with E-state index in [1.807, 2.05) is 216 Å². The molecule has 12 nitrogen and oxygen atoms in total. The van der Waals surface area contributed by atoms with E-state index in [4.69, 9.17) is 0 Å². The second-order valence-electron chi connectivity index (χ2n) is 23.7. The number of hydrogen-bond donors (Lipinski definition) is 0. The molecule has 20 rings (SSSR count). The summed E-state index contributed by atoms with van der Waals surface area (Å²) < 4.78 is 63.5. The third-order valence-corrected chi connectivity index (χ3v) is 26.5. The van der Waals surface area contributed by atoms with Crippen molar-refractivity contribution in [3.05, 3.63) is 341 Å². The summed E-state index contributed by atoms with van der Waals surface area (Å²) in [6, 6.07) is 100. The molecular formula is C84H52N8O4Pt4S2Se2+4. The Morgan fingerprint density at radius 1 is 0.337 bits per heavy atom. The quantitative estimate of drug-likeness (QED) is 0.108. The van der Waals surface area contributed by atoms with Crippen molar-refractivity contribution in [1.82, 2.24) is 39.1 Å². The molecular weight excluding hydrogens is 2190 g/mol. The van der Waals surface area contributed by atoms with Gasteiger partial charge in [0.2, 0.25) is 9.84 Å². The van der Waals surface area contributed by atoms with Crippen molar-refractivity contribution in [3.8, 4) is 101 Å². The third-order valence-electron chi connectivity index (χ3n) is 17.7. The topological polar surface area (TPSA) is 140 Å². The van der Waals surface area contributed by atoms with Crippen LogP contribution in [0.1, 0.15) is 0 Å². The van der Waals surface area contributed by atoms with Gasteiger partial charge < -0.3 is 0 Å². The van der Waals surface area contributed by atoms with Gasteiger partial charge >= 0.3 is 379 Å². The predicted molar refractivity (Wildman–Crippen MR) is 395 cm³/mol. The number of hydrogen-bond acceptors (Lipinski definition) is 8. The van der Waals surface area contributed by atoms with E-state index >= 15 is 0 Å². The molecule has 0 saturated carbocycles. The Bertz CT molecular complexity index is 5970. The first-order chi connectivity index (χ1) is 49.1. The van der Waals surface area contributed by atoms with Crippen LogP contribution in [0.3, 0.4) is 0 Å². The molecule has 17 aromatic rings. The Hall–Kier alpha value is -8.83. The molecule has 512 valence electrons. The molecule has 8 heterocycles. The van der Waals surface area contributed by atoms with Gasteiger partial charge in [0.15, 0.2) is 0 Å². The number of rotatable bonds is 8. The first-order valence-corrected chi connectivity index (χ1v) is 38.7. The van der Waals surface area contributed by atoms with E-state index in [1.165, 1.54) is 24.9 Å². The van der Waals surface area contributed by atoms with Gasteiger partial charge in [-0.2, -0.15) is 58.7 Å². The molecule has 104 heavy (non-hydrogen) atoms. The van der Waals surface area contributed by atoms with Gasteiger partial charge in [0.1, 0.15) is 0 Å². The van der Waals surface area contributed by atoms with Gasteiger partial charge in [-0.15, -0.1) is 12.1 Å². The van der Waals surface area contributed by atoms with Crippen LogP contribution in [0.5, 0.6) is 0 Å². The van der Waals surface area contributed by atoms with E-state index in [0.29, 0.717) is 24.3 Å². The minimum absolute atomic E-state index is 0. The SMILES string of the molecule is O=S1(=O)c2ccccc2-c2ccc(-c3cnn(-c4[c-]cccc4)c3)cc21.O=S1c2ccccc2-c2ccc(-c3cnn(-c4[c-]cccc4)c3)cc21.O=[Se]1c2ccccc2-c2ccc(-c3cnn(-c4[c-]cccc4)c3)cc21.[Pt+2].[Pt+2].[Pt+2].[Pt+2].[c-]1ccccc1-n1cc(-c2ccc3c(c2)[se]c2ccccc23)cn1. The molecule has 0 radical (unpaired) electrons. The van der Waals surface area contributed by atoms with E-state index in [2.05, 4.69) is 130 Å². The second-order valence-corrected chi connectivity index (χ2v) is 32.2. The van der Waals surface area contributed by atoms with E-state index in [9.17, 15) is 16.5 Å². The van der Waals surface area contributed by atoms with Gasteiger partial charge in [-0.3, -0.25) is 9.36 Å². The molecule has 20 heteroatoms. The van der Waals surface area contributed by atoms with Crippen LogP contribution in [0.2, 0.25) is 0 Å². The van der Waals surface area contributed by atoms with Crippen LogP contribution in [0, 0.1) is 24.3 Å². The molecule has 12 aromatic carbocycles. The van der Waals surface area contributed by atoms with Crippen LogP contribution in [0.25, 0.3) is 120 Å². The van der Waals surface area contributed by atoms with E-state index < -0.39 is 34.5 Å². The Labute approximate surface area is 670 Å². The first kappa shape index (κ1) is 73.5. The average Bonchev–Trinajstić information content (AvgIpc) is 1.58. The van der Waals surface area contributed by atoms with Crippen molar-refractivity contribution in [2.45, 2.75) is 19.6 Å². The molecule has 0 spiro atoms. The van der Waals surface area contributed by atoms with Gasteiger partial charge in [0.25, 0.3) is 0 Å². The van der Waals surface area contributed by atoms with Crippen molar-refractivity contribution in [3.63, 3.8) is 0 Å². The van der Waals surface area contributed by atoms with Crippen LogP contribution < -0.4 is 8.92 Å². The second kappa shape index (κ2) is 31.9. The molecule has 0 N–H and O–H groups in total. The normalized spacial score (nSPS) is 13.3. The average molecular weight is 2240 g/mol. The molecule has 0 bridgehead atoms. The Morgan fingerprint density at radius 2 is 0.731 bits per heavy atom. The molecule has 3 aliphatic heterocycles. The maximum absolute atomic E-state index is 12.9. The first-order valence-electron chi connectivity index (χ1n) is 31.9. The monoisotopic (exact) mass is 2240 g/mol. The van der Waals surface area contributed by atoms with Gasteiger partial charge in [-0.25, -0.2) is 12.6 Å². The Morgan fingerprint density at radius 3 is 1.28 bits per heavy atom. The number of benzene rings is 12. The number of aromatic nitrogens is 8. The summed E-state index contributed by atoms with van der Waals surface area (Å²) in [5, 5.41) is 20.5. The zero-order valence-corrected chi connectivity index (χ0v) is 68.3. The molecule has 2 atom stereocenters. The van der Waals surface area contributed by atoms with Crippen LogP contribution in [0.4, 0.5) is 0 Å². The van der Waals surface area contributed by atoms with Gasteiger partial charge in [-0.05, 0) is 57.9 Å². The molecule has 0 amide bonds. The van der Waals surface area contributed by atoms with Crippen LogP contribution >= 0.6 is 0 Å². The molecule has 3 aliphatic rings. The summed E-state index contributed by atoms with van der Waals surface area (Å²) in [5.74, 6) is 0. The number of sulfone groups is 1. The molecule has 0 aliphatic carbocycles. The summed E-state index contributed by atoms with van der Waals surface area (Å²) >= 11 is -1.79. The summed E-state index contributed by atoms with van der Waals surface area (Å²) in [7, 11) is -4.59. The fourth-order valence-electron chi connectivity index (χ4n) is 12.7. The summed E-state index contributed by atoms with van der Waals surface area (Å²) in [4.78, 5) is 2.50. The number of para-hydroxylation sites is 4. The van der Waals surface area contributed by atoms with Crippen LogP contribution in [0.15, 0.2) is 336 Å². The maximum atomic E-state index is 12.9. The van der Waals surface area contributed by atoms with Crippen molar-refractivity contribution in [1.29, 1.82) is 0 Å². The molecule has 5 aromatic heterocycles. The van der Waals surface area contributed by atoms with Gasteiger partial charge in [-0.1, -0.05) is 60.7 Å². The van der Waals surface area contributed by atoms with Crippen LogP contribution in [-0.2, 0) is 109 Å². The standard InChI is InChI=1S/C21H13N2O2S.C21H13N2OS.C21H13N2OSe.C21H13N2Se.4Pt/c24-26(25)20-9-5-4-8-18(20)19-11-10-15(12-21(19)26)16-13-22-23(14-16)17-6-2-1-3-7-17;2*24-25-20-9-5-4-8-18(20)19-11-10-15(12-21(19)25)16-13-22-23(14-16)17-6-2-1-3-7-17;1-2-6-17(7-3-1)23-14-16(13-22-23)15-10-11-19-18-8-4-5-9-20(18)24-21(19)12-15;;;;/h1-6,8-14H;2*1-6,8-14H;1-6,8-14H;;;;/q4*-1;4*+2. The molecule has 0 saturated heterocycles. The number of nitrogens with zero attached hydrogens (tertiary/aromatic N) is 8. The van der Waals surface area contributed by atoms with Crippen LogP contribution in [-0.4, -0.2) is 80.1 Å². The minimum atomic E-state index is -3.47. The Balaban J connectivity index is 0.000000122. The predicted octanol–water partition coefficient (Wildman–Crippen LogP) is 16.2.